The van der Waals surface area contributed by atoms with Gasteiger partial charge in [-0.05, 0) is 36.3 Å². The number of nitriles is 1. The zero-order chi connectivity index (χ0) is 17.5. The Balaban J connectivity index is 2.44. The minimum Gasteiger partial charge on any atom is -0.493 e. The van der Waals surface area contributed by atoms with Crippen LogP contribution in [-0.4, -0.2) is 13.7 Å². The number of allylic oxidation sites excluding steroid dienone is 1. The quantitative estimate of drug-likeness (QED) is 0.450. The topological polar surface area (TPSA) is 42.2 Å². The average molecular weight is 338 g/mol. The lowest BCUT2D eigenvalue weighted by Gasteiger charge is -2.12. The average Bonchev–Trinajstić information content (AvgIpc) is 2.59. The van der Waals surface area contributed by atoms with Crippen molar-refractivity contribution in [1.82, 2.24) is 0 Å². The van der Waals surface area contributed by atoms with Crippen molar-refractivity contribution in [3.63, 3.8) is 0 Å². The fourth-order valence-corrected chi connectivity index (χ4v) is 2.43. The summed E-state index contributed by atoms with van der Waals surface area (Å²) in [5.74, 6) is 3.24. The van der Waals surface area contributed by atoms with Crippen LogP contribution in [0, 0.1) is 30.6 Å². The van der Waals surface area contributed by atoms with Gasteiger partial charge in [-0.3, -0.25) is 0 Å². The van der Waals surface area contributed by atoms with Crippen molar-refractivity contribution in [2.45, 2.75) is 6.92 Å². The van der Waals surface area contributed by atoms with E-state index >= 15 is 0 Å². The number of aryl methyl sites for hydroxylation is 1. The summed E-state index contributed by atoms with van der Waals surface area (Å²) in [6, 6.07) is 13.4. The second-order valence-electron chi connectivity index (χ2n) is 5.06. The third-order valence-electron chi connectivity index (χ3n) is 3.35. The fourth-order valence-electron chi connectivity index (χ4n) is 2.16. The molecule has 0 N–H and O–H groups in total. The van der Waals surface area contributed by atoms with E-state index in [1.54, 1.807) is 18.2 Å². The third-order valence-corrected chi connectivity index (χ3v) is 3.63. The number of halogens is 1. The van der Waals surface area contributed by atoms with Gasteiger partial charge in [-0.2, -0.15) is 5.26 Å². The van der Waals surface area contributed by atoms with E-state index < -0.39 is 0 Å². The first-order valence-electron chi connectivity index (χ1n) is 7.21. The summed E-state index contributed by atoms with van der Waals surface area (Å²) < 4.78 is 10.7. The molecule has 2 aromatic rings. The van der Waals surface area contributed by atoms with Crippen LogP contribution in [0.1, 0.15) is 16.7 Å². The molecule has 0 saturated heterocycles. The lowest BCUT2D eigenvalue weighted by molar-refractivity contribution is 0.331. The van der Waals surface area contributed by atoms with Crippen molar-refractivity contribution in [2.24, 2.45) is 0 Å². The molecule has 0 radical (unpaired) electrons. The van der Waals surface area contributed by atoms with E-state index in [9.17, 15) is 5.26 Å². The van der Waals surface area contributed by atoms with E-state index in [0.29, 0.717) is 22.1 Å². The zero-order valence-corrected chi connectivity index (χ0v) is 14.2. The minimum absolute atomic E-state index is 0.0953. The smallest absolute Gasteiger partial charge is 0.181 e. The molecule has 0 aromatic heterocycles. The van der Waals surface area contributed by atoms with Crippen LogP contribution < -0.4 is 9.47 Å². The molecule has 2 rings (SSSR count). The zero-order valence-electron chi connectivity index (χ0n) is 13.5. The van der Waals surface area contributed by atoms with Gasteiger partial charge >= 0.3 is 0 Å². The van der Waals surface area contributed by atoms with E-state index in [4.69, 9.17) is 27.5 Å². The SMILES string of the molecule is C#CCOc1c(Cl)cc(/C=C(/C#N)c2ccc(C)cc2)cc1OC. The van der Waals surface area contributed by atoms with Crippen LogP contribution in [0.4, 0.5) is 0 Å². The maximum absolute atomic E-state index is 9.45. The highest BCUT2D eigenvalue weighted by Gasteiger charge is 2.12. The predicted molar refractivity (Wildman–Crippen MR) is 97.0 cm³/mol. The monoisotopic (exact) mass is 337 g/mol. The first-order valence-corrected chi connectivity index (χ1v) is 7.59. The van der Waals surface area contributed by atoms with Crippen molar-refractivity contribution in [2.75, 3.05) is 13.7 Å². The van der Waals surface area contributed by atoms with Crippen molar-refractivity contribution in [3.05, 3.63) is 58.1 Å². The summed E-state index contributed by atoms with van der Waals surface area (Å²) in [6.07, 6.45) is 6.96. The van der Waals surface area contributed by atoms with E-state index in [2.05, 4.69) is 12.0 Å². The molecule has 0 aliphatic rings. The highest BCUT2D eigenvalue weighted by Crippen LogP contribution is 2.37. The van der Waals surface area contributed by atoms with Crippen LogP contribution in [0.3, 0.4) is 0 Å². The highest BCUT2D eigenvalue weighted by molar-refractivity contribution is 6.32. The van der Waals surface area contributed by atoms with Gasteiger partial charge in [-0.25, -0.2) is 0 Å². The van der Waals surface area contributed by atoms with Gasteiger partial charge in [0.2, 0.25) is 0 Å². The Kier molecular flexibility index (Phi) is 5.90. The second-order valence-corrected chi connectivity index (χ2v) is 5.47. The molecule has 3 nitrogen and oxygen atoms in total. The number of nitrogens with zero attached hydrogens (tertiary/aromatic N) is 1. The highest BCUT2D eigenvalue weighted by atomic mass is 35.5. The standard InChI is InChI=1S/C20H16ClNO2/c1-4-9-24-20-18(21)11-15(12-19(20)23-3)10-17(13-22)16-7-5-14(2)6-8-16/h1,5-8,10-12H,9H2,2-3H3/b17-10-. The second kappa shape index (κ2) is 8.11. The van der Waals surface area contributed by atoms with E-state index in [1.807, 2.05) is 31.2 Å². The van der Waals surface area contributed by atoms with Crippen LogP contribution >= 0.6 is 11.6 Å². The molecule has 0 bridgehead atoms. The first-order chi connectivity index (χ1) is 11.6. The fraction of sp³-hybridized carbons (Fsp3) is 0.150. The van der Waals surface area contributed by atoms with Crippen molar-refractivity contribution in [3.8, 4) is 29.9 Å². The number of rotatable bonds is 5. The van der Waals surface area contributed by atoms with Gasteiger partial charge in [0.25, 0.3) is 0 Å². The lowest BCUT2D eigenvalue weighted by Crippen LogP contribution is -1.98. The van der Waals surface area contributed by atoms with Gasteiger partial charge in [-0.1, -0.05) is 47.4 Å². The molecule has 4 heteroatoms. The summed E-state index contributed by atoms with van der Waals surface area (Å²) in [5.41, 5.74) is 3.24. The summed E-state index contributed by atoms with van der Waals surface area (Å²) in [4.78, 5) is 0. The molecule has 120 valence electrons. The molecule has 0 spiro atoms. The van der Waals surface area contributed by atoms with Crippen molar-refractivity contribution in [1.29, 1.82) is 5.26 Å². The molecule has 0 amide bonds. The van der Waals surface area contributed by atoms with Crippen LogP contribution in [-0.2, 0) is 0 Å². The number of ether oxygens (including phenoxy) is 2. The van der Waals surface area contributed by atoms with Crippen LogP contribution in [0.5, 0.6) is 11.5 Å². The molecule has 2 aromatic carbocycles. The molecule has 24 heavy (non-hydrogen) atoms. The molecule has 0 heterocycles. The number of hydrogen-bond donors (Lipinski definition) is 0. The molecular formula is C20H16ClNO2. The van der Waals surface area contributed by atoms with Crippen LogP contribution in [0.25, 0.3) is 11.6 Å². The summed E-state index contributed by atoms with van der Waals surface area (Å²) >= 11 is 6.26. The van der Waals surface area contributed by atoms with Gasteiger partial charge < -0.3 is 9.47 Å². The van der Waals surface area contributed by atoms with E-state index in [-0.39, 0.29) is 6.61 Å². The summed E-state index contributed by atoms with van der Waals surface area (Å²) in [6.45, 7) is 2.09. The Morgan fingerprint density at radius 3 is 2.58 bits per heavy atom. The first kappa shape index (κ1) is 17.5. The van der Waals surface area contributed by atoms with Crippen molar-refractivity contribution >= 4 is 23.3 Å². The third kappa shape index (κ3) is 4.10. The molecule has 0 saturated carbocycles. The van der Waals surface area contributed by atoms with Crippen molar-refractivity contribution < 1.29 is 9.47 Å². The minimum atomic E-state index is 0.0953. The largest absolute Gasteiger partial charge is 0.493 e. The number of methoxy groups -OCH3 is 1. The predicted octanol–water partition coefficient (Wildman–Crippen LogP) is 4.73. The van der Waals surface area contributed by atoms with Gasteiger partial charge in [0.05, 0.1) is 23.8 Å². The Labute approximate surface area is 147 Å². The maximum Gasteiger partial charge on any atom is 0.181 e. The summed E-state index contributed by atoms with van der Waals surface area (Å²) in [7, 11) is 1.52. The lowest BCUT2D eigenvalue weighted by atomic mass is 10.0. The molecule has 0 unspecified atom stereocenters. The normalized spacial score (nSPS) is 10.6. The Morgan fingerprint density at radius 1 is 1.29 bits per heavy atom. The summed E-state index contributed by atoms with van der Waals surface area (Å²) in [5, 5.41) is 9.82. The van der Waals surface area contributed by atoms with E-state index in [0.717, 1.165) is 16.7 Å². The Hall–Kier alpha value is -2.88. The maximum atomic E-state index is 9.45. The molecule has 0 fully saturated rings. The van der Waals surface area contributed by atoms with Gasteiger partial charge in [0.15, 0.2) is 11.5 Å². The van der Waals surface area contributed by atoms with Crippen LogP contribution in [0.2, 0.25) is 5.02 Å². The number of benzene rings is 2. The Bertz CT molecular complexity index is 840. The molecule has 0 aliphatic carbocycles. The number of hydrogen-bond acceptors (Lipinski definition) is 3. The van der Waals surface area contributed by atoms with E-state index in [1.165, 1.54) is 7.11 Å². The van der Waals surface area contributed by atoms with Crippen LogP contribution in [0.15, 0.2) is 36.4 Å². The van der Waals surface area contributed by atoms with Gasteiger partial charge in [0, 0.05) is 0 Å². The molecule has 0 atom stereocenters. The Morgan fingerprint density at radius 2 is 2.00 bits per heavy atom. The number of terminal acetylenes is 1. The van der Waals surface area contributed by atoms with Gasteiger partial charge in [0.1, 0.15) is 6.61 Å². The molecule has 0 aliphatic heterocycles. The van der Waals surface area contributed by atoms with Gasteiger partial charge in [-0.15, -0.1) is 6.42 Å². The molecular weight excluding hydrogens is 322 g/mol.